The van der Waals surface area contributed by atoms with Crippen LogP contribution in [0.4, 0.5) is 0 Å². The van der Waals surface area contributed by atoms with Gasteiger partial charge in [0.1, 0.15) is 0 Å². The molecule has 5 nitrogen and oxygen atoms in total. The lowest BCUT2D eigenvalue weighted by Gasteiger charge is -2.35. The standard InChI is InChI=1S/C17H22N4O/c1-19-10-4-8-16(13-19)20(2)17(22)14-6-3-7-15(12-14)21-11-5-9-18-21/h3,5-7,9,11-12,16H,4,8,10,13H2,1-2H3. The summed E-state index contributed by atoms with van der Waals surface area (Å²) in [5, 5.41) is 4.22. The Labute approximate surface area is 131 Å². The zero-order valence-corrected chi connectivity index (χ0v) is 13.1. The second kappa shape index (κ2) is 6.32. The van der Waals surface area contributed by atoms with Crippen molar-refractivity contribution in [2.45, 2.75) is 18.9 Å². The Bertz CT molecular complexity index is 638. The average Bonchev–Trinajstić information content (AvgIpc) is 3.08. The third kappa shape index (κ3) is 3.04. The van der Waals surface area contributed by atoms with Crippen LogP contribution in [-0.4, -0.2) is 58.7 Å². The van der Waals surface area contributed by atoms with Crippen LogP contribution in [0.25, 0.3) is 5.69 Å². The molecule has 0 bridgehead atoms. The van der Waals surface area contributed by atoms with Crippen molar-refractivity contribution in [1.82, 2.24) is 19.6 Å². The minimum atomic E-state index is 0.0781. The van der Waals surface area contributed by atoms with E-state index in [0.717, 1.165) is 31.6 Å². The van der Waals surface area contributed by atoms with Crippen LogP contribution in [0.2, 0.25) is 0 Å². The molecule has 1 unspecified atom stereocenters. The van der Waals surface area contributed by atoms with E-state index in [0.29, 0.717) is 11.6 Å². The van der Waals surface area contributed by atoms with Crippen LogP contribution in [0.15, 0.2) is 42.7 Å². The normalized spacial score (nSPS) is 19.1. The SMILES string of the molecule is CN1CCCC(N(C)C(=O)c2cccc(-n3cccn3)c2)C1. The van der Waals surface area contributed by atoms with E-state index >= 15 is 0 Å². The van der Waals surface area contributed by atoms with Gasteiger partial charge in [-0.2, -0.15) is 5.10 Å². The Kier molecular flexibility index (Phi) is 4.24. The van der Waals surface area contributed by atoms with Gasteiger partial charge in [0, 0.05) is 37.6 Å². The maximum atomic E-state index is 12.8. The number of carbonyl (C=O) groups is 1. The summed E-state index contributed by atoms with van der Waals surface area (Å²) < 4.78 is 1.77. The van der Waals surface area contributed by atoms with Crippen LogP contribution in [0.5, 0.6) is 0 Å². The molecule has 3 rings (SSSR count). The van der Waals surface area contributed by atoms with Gasteiger partial charge >= 0.3 is 0 Å². The lowest BCUT2D eigenvalue weighted by atomic mass is 10.0. The maximum Gasteiger partial charge on any atom is 0.253 e. The maximum absolute atomic E-state index is 12.8. The van der Waals surface area contributed by atoms with E-state index in [9.17, 15) is 4.79 Å². The number of rotatable bonds is 3. The van der Waals surface area contributed by atoms with Gasteiger partial charge in [0.2, 0.25) is 0 Å². The van der Waals surface area contributed by atoms with Crippen molar-refractivity contribution in [3.05, 3.63) is 48.3 Å². The molecule has 0 N–H and O–H groups in total. The van der Waals surface area contributed by atoms with Gasteiger partial charge in [0.05, 0.1) is 5.69 Å². The van der Waals surface area contributed by atoms with Gasteiger partial charge in [-0.25, -0.2) is 4.68 Å². The van der Waals surface area contributed by atoms with Crippen molar-refractivity contribution >= 4 is 5.91 Å². The van der Waals surface area contributed by atoms with Gasteiger partial charge in [-0.1, -0.05) is 6.07 Å². The minimum absolute atomic E-state index is 0.0781. The summed E-state index contributed by atoms with van der Waals surface area (Å²) in [7, 11) is 4.02. The molecule has 2 aromatic rings. The fourth-order valence-corrected chi connectivity index (χ4v) is 3.03. The van der Waals surface area contributed by atoms with E-state index in [1.54, 1.807) is 10.9 Å². The Hall–Kier alpha value is -2.14. The molecule has 0 aliphatic carbocycles. The molecule has 5 heteroatoms. The van der Waals surface area contributed by atoms with Gasteiger partial charge in [-0.3, -0.25) is 4.79 Å². The molecule has 1 aliphatic rings. The summed E-state index contributed by atoms with van der Waals surface area (Å²) in [4.78, 5) is 16.9. The number of piperidine rings is 1. The zero-order chi connectivity index (χ0) is 15.5. The fraction of sp³-hybridized carbons (Fsp3) is 0.412. The number of hydrogen-bond donors (Lipinski definition) is 0. The number of carbonyl (C=O) groups excluding carboxylic acids is 1. The zero-order valence-electron chi connectivity index (χ0n) is 13.1. The van der Waals surface area contributed by atoms with Crippen molar-refractivity contribution in [3.63, 3.8) is 0 Å². The van der Waals surface area contributed by atoms with Crippen molar-refractivity contribution in [2.75, 3.05) is 27.2 Å². The number of likely N-dealkylation sites (N-methyl/N-ethyl adjacent to an activating group) is 2. The van der Waals surface area contributed by atoms with Crippen LogP contribution < -0.4 is 0 Å². The molecule has 0 radical (unpaired) electrons. The molecule has 2 heterocycles. The van der Waals surface area contributed by atoms with Crippen LogP contribution in [0, 0.1) is 0 Å². The monoisotopic (exact) mass is 298 g/mol. The second-order valence-electron chi connectivity index (χ2n) is 5.98. The molecule has 1 aliphatic heterocycles. The number of nitrogens with zero attached hydrogens (tertiary/aromatic N) is 4. The highest BCUT2D eigenvalue weighted by Gasteiger charge is 2.25. The van der Waals surface area contributed by atoms with Gasteiger partial charge in [0.25, 0.3) is 5.91 Å². The first-order valence-electron chi connectivity index (χ1n) is 7.71. The molecule has 1 aromatic heterocycles. The van der Waals surface area contributed by atoms with Crippen molar-refractivity contribution < 1.29 is 4.79 Å². The quantitative estimate of drug-likeness (QED) is 0.871. The summed E-state index contributed by atoms with van der Waals surface area (Å²) >= 11 is 0. The van der Waals surface area contributed by atoms with Gasteiger partial charge in [-0.05, 0) is 50.7 Å². The first kappa shape index (κ1) is 14.8. The van der Waals surface area contributed by atoms with Crippen LogP contribution in [0.3, 0.4) is 0 Å². The molecule has 1 saturated heterocycles. The average molecular weight is 298 g/mol. The van der Waals surface area contributed by atoms with E-state index in [2.05, 4.69) is 17.0 Å². The number of hydrogen-bond acceptors (Lipinski definition) is 3. The van der Waals surface area contributed by atoms with Gasteiger partial charge in [0.15, 0.2) is 0 Å². The molecular weight excluding hydrogens is 276 g/mol. The number of likely N-dealkylation sites (tertiary alicyclic amines) is 1. The third-order valence-corrected chi connectivity index (χ3v) is 4.33. The van der Waals surface area contributed by atoms with Crippen molar-refractivity contribution in [1.29, 1.82) is 0 Å². The first-order valence-corrected chi connectivity index (χ1v) is 7.71. The third-order valence-electron chi connectivity index (χ3n) is 4.33. The van der Waals surface area contributed by atoms with E-state index in [-0.39, 0.29) is 5.91 Å². The van der Waals surface area contributed by atoms with Crippen molar-refractivity contribution in [3.8, 4) is 5.69 Å². The number of amides is 1. The minimum Gasteiger partial charge on any atom is -0.337 e. The van der Waals surface area contributed by atoms with Gasteiger partial charge < -0.3 is 9.80 Å². The van der Waals surface area contributed by atoms with E-state index < -0.39 is 0 Å². The largest absolute Gasteiger partial charge is 0.337 e. The fourth-order valence-electron chi connectivity index (χ4n) is 3.03. The Morgan fingerprint density at radius 2 is 2.23 bits per heavy atom. The molecule has 1 amide bonds. The molecule has 22 heavy (non-hydrogen) atoms. The highest BCUT2D eigenvalue weighted by Crippen LogP contribution is 2.17. The Morgan fingerprint density at radius 1 is 1.36 bits per heavy atom. The summed E-state index contributed by atoms with van der Waals surface area (Å²) in [5.41, 5.74) is 1.62. The summed E-state index contributed by atoms with van der Waals surface area (Å²) in [6, 6.07) is 9.80. The highest BCUT2D eigenvalue weighted by atomic mass is 16.2. The molecule has 1 aromatic carbocycles. The molecular formula is C17H22N4O. The molecule has 0 saturated carbocycles. The summed E-state index contributed by atoms with van der Waals surface area (Å²) in [6.07, 6.45) is 5.83. The predicted octanol–water partition coefficient (Wildman–Crippen LogP) is 2.04. The summed E-state index contributed by atoms with van der Waals surface area (Å²) in [5.74, 6) is 0.0781. The Balaban J connectivity index is 1.78. The molecule has 1 atom stereocenters. The van der Waals surface area contributed by atoms with Gasteiger partial charge in [-0.15, -0.1) is 0 Å². The Morgan fingerprint density at radius 3 is 2.95 bits per heavy atom. The number of benzene rings is 1. The first-order chi connectivity index (χ1) is 10.6. The highest BCUT2D eigenvalue weighted by molar-refractivity contribution is 5.94. The predicted molar refractivity (Wildman–Crippen MR) is 86.2 cm³/mol. The number of aromatic nitrogens is 2. The summed E-state index contributed by atoms with van der Waals surface area (Å²) in [6.45, 7) is 2.06. The molecule has 1 fully saturated rings. The smallest absolute Gasteiger partial charge is 0.253 e. The van der Waals surface area contributed by atoms with Crippen molar-refractivity contribution in [2.24, 2.45) is 0 Å². The van der Waals surface area contributed by atoms with E-state index in [4.69, 9.17) is 0 Å². The van der Waals surface area contributed by atoms with E-state index in [1.165, 1.54) is 0 Å². The van der Waals surface area contributed by atoms with Crippen LogP contribution in [-0.2, 0) is 0 Å². The van der Waals surface area contributed by atoms with E-state index in [1.807, 2.05) is 48.5 Å². The molecule has 116 valence electrons. The van der Waals surface area contributed by atoms with Crippen LogP contribution >= 0.6 is 0 Å². The lowest BCUT2D eigenvalue weighted by molar-refractivity contribution is 0.0644. The molecule has 0 spiro atoms. The lowest BCUT2D eigenvalue weighted by Crippen LogP contribution is -2.47. The topological polar surface area (TPSA) is 41.4 Å². The second-order valence-corrected chi connectivity index (χ2v) is 5.98. The van der Waals surface area contributed by atoms with Crippen LogP contribution in [0.1, 0.15) is 23.2 Å².